The molecule has 1 amide bonds. The molecule has 0 saturated heterocycles. The van der Waals surface area contributed by atoms with E-state index in [0.717, 1.165) is 16.0 Å². The number of pyridine rings is 1. The van der Waals surface area contributed by atoms with Crippen molar-refractivity contribution in [2.24, 2.45) is 0 Å². The molecule has 1 N–H and O–H groups in total. The molecule has 2 aromatic rings. The lowest BCUT2D eigenvalue weighted by Gasteiger charge is -2.02. The highest BCUT2D eigenvalue weighted by Gasteiger charge is 2.11. The molecule has 0 radical (unpaired) electrons. The molecule has 0 fully saturated rings. The summed E-state index contributed by atoms with van der Waals surface area (Å²) in [7, 11) is 0. The molecule has 0 aliphatic carbocycles. The van der Waals surface area contributed by atoms with E-state index in [1.807, 2.05) is 39.0 Å². The van der Waals surface area contributed by atoms with Crippen molar-refractivity contribution in [2.75, 3.05) is 5.32 Å². The number of hydrogen-bond acceptors (Lipinski definition) is 3. The third-order valence-electron chi connectivity index (χ3n) is 2.55. The first-order chi connectivity index (χ1) is 8.06. The van der Waals surface area contributed by atoms with E-state index in [1.54, 1.807) is 6.20 Å². The van der Waals surface area contributed by atoms with Crippen LogP contribution in [0.25, 0.3) is 0 Å². The molecule has 0 aromatic carbocycles. The zero-order valence-corrected chi connectivity index (χ0v) is 10.9. The first-order valence-electron chi connectivity index (χ1n) is 5.37. The number of aryl methyl sites for hydroxylation is 3. The topological polar surface area (TPSA) is 42.0 Å². The lowest BCUT2D eigenvalue weighted by molar-refractivity contribution is 0.103. The molecule has 0 unspecified atom stereocenters. The first-order valence-corrected chi connectivity index (χ1v) is 6.19. The van der Waals surface area contributed by atoms with Crippen molar-refractivity contribution in [1.82, 2.24) is 4.98 Å². The number of carbonyl (C=O) groups is 1. The van der Waals surface area contributed by atoms with Gasteiger partial charge in [-0.2, -0.15) is 0 Å². The van der Waals surface area contributed by atoms with Crippen LogP contribution in [-0.4, -0.2) is 10.9 Å². The van der Waals surface area contributed by atoms with Gasteiger partial charge < -0.3 is 5.32 Å². The number of amides is 1. The van der Waals surface area contributed by atoms with E-state index in [0.29, 0.717) is 5.82 Å². The molecule has 0 bridgehead atoms. The number of aromatic nitrogens is 1. The van der Waals surface area contributed by atoms with Gasteiger partial charge in [0.15, 0.2) is 0 Å². The Hall–Kier alpha value is -1.68. The van der Waals surface area contributed by atoms with E-state index >= 15 is 0 Å². The molecular weight excluding hydrogens is 232 g/mol. The van der Waals surface area contributed by atoms with Gasteiger partial charge in [-0.1, -0.05) is 0 Å². The first kappa shape index (κ1) is 11.8. The average Bonchev–Trinajstić information content (AvgIpc) is 2.59. The predicted octanol–water partition coefficient (Wildman–Crippen LogP) is 3.32. The summed E-state index contributed by atoms with van der Waals surface area (Å²) in [6, 6.07) is 5.66. The van der Waals surface area contributed by atoms with Crippen LogP contribution in [-0.2, 0) is 0 Å². The van der Waals surface area contributed by atoms with Gasteiger partial charge in [0.25, 0.3) is 5.91 Å². The van der Waals surface area contributed by atoms with Crippen LogP contribution in [0.15, 0.2) is 24.4 Å². The van der Waals surface area contributed by atoms with Crippen LogP contribution < -0.4 is 5.32 Å². The average molecular weight is 246 g/mol. The lowest BCUT2D eigenvalue weighted by Crippen LogP contribution is -2.11. The molecule has 2 aromatic heterocycles. The Bertz CT molecular complexity index is 541. The molecule has 4 heteroatoms. The summed E-state index contributed by atoms with van der Waals surface area (Å²) in [6.45, 7) is 5.99. The van der Waals surface area contributed by atoms with Crippen molar-refractivity contribution >= 4 is 23.1 Å². The number of hydrogen-bond donors (Lipinski definition) is 1. The number of rotatable bonds is 2. The summed E-state index contributed by atoms with van der Waals surface area (Å²) < 4.78 is 0. The maximum atomic E-state index is 12.0. The molecule has 17 heavy (non-hydrogen) atoms. The second-order valence-electron chi connectivity index (χ2n) is 4.02. The number of thiophene rings is 1. The van der Waals surface area contributed by atoms with E-state index in [4.69, 9.17) is 0 Å². The van der Waals surface area contributed by atoms with Gasteiger partial charge in [0.1, 0.15) is 5.82 Å². The lowest BCUT2D eigenvalue weighted by atomic mass is 10.2. The summed E-state index contributed by atoms with van der Waals surface area (Å²) in [6.07, 6.45) is 1.69. The van der Waals surface area contributed by atoms with E-state index < -0.39 is 0 Å². The van der Waals surface area contributed by atoms with Crippen LogP contribution in [0, 0.1) is 20.8 Å². The second-order valence-corrected chi connectivity index (χ2v) is 5.28. The van der Waals surface area contributed by atoms with E-state index in [2.05, 4.69) is 10.3 Å². The Morgan fingerprint density at radius 1 is 1.29 bits per heavy atom. The number of carbonyl (C=O) groups excluding carboxylic acids is 1. The third kappa shape index (κ3) is 2.71. The number of anilines is 1. The summed E-state index contributed by atoms with van der Waals surface area (Å²) in [4.78, 5) is 18.0. The molecule has 0 saturated carbocycles. The Balaban J connectivity index is 2.17. The van der Waals surface area contributed by atoms with Crippen LogP contribution in [0.1, 0.15) is 25.7 Å². The van der Waals surface area contributed by atoms with Gasteiger partial charge in [0.05, 0.1) is 4.88 Å². The van der Waals surface area contributed by atoms with Crippen LogP contribution in [0.4, 0.5) is 5.82 Å². The minimum atomic E-state index is -0.0932. The van der Waals surface area contributed by atoms with E-state index in [-0.39, 0.29) is 5.91 Å². The SMILES string of the molecule is Cc1ccnc(NC(=O)c2cc(C)c(C)s2)c1. The normalized spacial score (nSPS) is 10.3. The van der Waals surface area contributed by atoms with E-state index in [9.17, 15) is 4.79 Å². The van der Waals surface area contributed by atoms with Gasteiger partial charge in [-0.3, -0.25) is 4.79 Å². The summed E-state index contributed by atoms with van der Waals surface area (Å²) in [5.74, 6) is 0.503. The van der Waals surface area contributed by atoms with Crippen molar-refractivity contribution in [3.8, 4) is 0 Å². The van der Waals surface area contributed by atoms with Crippen LogP contribution in [0.5, 0.6) is 0 Å². The summed E-state index contributed by atoms with van der Waals surface area (Å²) >= 11 is 1.51. The van der Waals surface area contributed by atoms with Gasteiger partial charge in [-0.05, 0) is 50.1 Å². The quantitative estimate of drug-likeness (QED) is 0.883. The smallest absolute Gasteiger partial charge is 0.266 e. The minimum absolute atomic E-state index is 0.0932. The van der Waals surface area contributed by atoms with Crippen molar-refractivity contribution in [2.45, 2.75) is 20.8 Å². The number of nitrogens with zero attached hydrogens (tertiary/aromatic N) is 1. The molecule has 0 aliphatic heterocycles. The molecular formula is C13H14N2OS. The Morgan fingerprint density at radius 2 is 2.06 bits per heavy atom. The highest BCUT2D eigenvalue weighted by atomic mass is 32.1. The molecule has 0 aliphatic rings. The second kappa shape index (κ2) is 4.67. The predicted molar refractivity (Wildman–Crippen MR) is 70.7 cm³/mol. The van der Waals surface area contributed by atoms with E-state index in [1.165, 1.54) is 16.2 Å². The highest BCUT2D eigenvalue weighted by molar-refractivity contribution is 7.14. The standard InChI is InChI=1S/C13H14N2OS/c1-8-4-5-14-12(6-8)15-13(16)11-7-9(2)10(3)17-11/h4-7H,1-3H3,(H,14,15,16). The van der Waals surface area contributed by atoms with Crippen LogP contribution in [0.2, 0.25) is 0 Å². The molecule has 2 heterocycles. The van der Waals surface area contributed by atoms with Crippen molar-refractivity contribution in [3.63, 3.8) is 0 Å². The van der Waals surface area contributed by atoms with Gasteiger partial charge in [0.2, 0.25) is 0 Å². The molecule has 3 nitrogen and oxygen atoms in total. The minimum Gasteiger partial charge on any atom is -0.306 e. The fraction of sp³-hybridized carbons (Fsp3) is 0.231. The molecule has 2 rings (SSSR count). The Kier molecular flexibility index (Phi) is 3.24. The highest BCUT2D eigenvalue weighted by Crippen LogP contribution is 2.21. The van der Waals surface area contributed by atoms with Crippen molar-refractivity contribution < 1.29 is 4.79 Å². The zero-order chi connectivity index (χ0) is 12.4. The maximum absolute atomic E-state index is 12.0. The van der Waals surface area contributed by atoms with Crippen LogP contribution in [0.3, 0.4) is 0 Å². The maximum Gasteiger partial charge on any atom is 0.266 e. The fourth-order valence-corrected chi connectivity index (χ4v) is 2.40. The van der Waals surface area contributed by atoms with Gasteiger partial charge in [-0.25, -0.2) is 4.98 Å². The Morgan fingerprint density at radius 3 is 2.65 bits per heavy atom. The van der Waals surface area contributed by atoms with Crippen molar-refractivity contribution in [1.29, 1.82) is 0 Å². The fourth-order valence-electron chi connectivity index (χ4n) is 1.47. The largest absolute Gasteiger partial charge is 0.306 e. The summed E-state index contributed by atoms with van der Waals surface area (Å²) in [5.41, 5.74) is 2.23. The Labute approximate surface area is 105 Å². The van der Waals surface area contributed by atoms with Gasteiger partial charge in [0, 0.05) is 11.1 Å². The van der Waals surface area contributed by atoms with Gasteiger partial charge >= 0.3 is 0 Å². The number of nitrogens with one attached hydrogen (secondary N) is 1. The molecule has 0 atom stereocenters. The zero-order valence-electron chi connectivity index (χ0n) is 10.1. The van der Waals surface area contributed by atoms with Crippen LogP contribution >= 0.6 is 11.3 Å². The molecule has 88 valence electrons. The third-order valence-corrected chi connectivity index (χ3v) is 3.70. The van der Waals surface area contributed by atoms with Crippen molar-refractivity contribution in [3.05, 3.63) is 45.3 Å². The monoisotopic (exact) mass is 246 g/mol. The summed E-state index contributed by atoms with van der Waals surface area (Å²) in [5, 5.41) is 2.80. The van der Waals surface area contributed by atoms with Gasteiger partial charge in [-0.15, -0.1) is 11.3 Å². The molecule has 0 spiro atoms.